The molecule has 6 heteroatoms. The molecule has 0 saturated heterocycles. The van der Waals surface area contributed by atoms with Crippen molar-refractivity contribution < 1.29 is 42.5 Å². The largest absolute Gasteiger partial charge is 1.00 e. The summed E-state index contributed by atoms with van der Waals surface area (Å²) in [5.74, 6) is -0.430. The molecule has 0 amide bonds. The summed E-state index contributed by atoms with van der Waals surface area (Å²) in [7, 11) is -4.10. The van der Waals surface area contributed by atoms with Gasteiger partial charge < -0.3 is 4.55 Å². The molecule has 0 fully saturated rings. The van der Waals surface area contributed by atoms with E-state index in [0.29, 0.717) is 0 Å². The Balaban J connectivity index is 0. The van der Waals surface area contributed by atoms with Crippen LogP contribution in [0.25, 0.3) is 0 Å². The first kappa shape index (κ1) is 13.0. The van der Waals surface area contributed by atoms with Gasteiger partial charge in [0.2, 0.25) is 0 Å². The van der Waals surface area contributed by atoms with Crippen LogP contribution in [-0.4, -0.2) is 18.7 Å². The van der Waals surface area contributed by atoms with Crippen molar-refractivity contribution >= 4 is 10.1 Å². The van der Waals surface area contributed by atoms with Gasteiger partial charge in [-0.05, 0) is 6.42 Å². The van der Waals surface area contributed by atoms with Crippen LogP contribution in [-0.2, 0) is 10.1 Å². The van der Waals surface area contributed by atoms with Crippen LogP contribution in [0.5, 0.6) is 0 Å². The van der Waals surface area contributed by atoms with E-state index in [2.05, 4.69) is 0 Å². The maximum Gasteiger partial charge on any atom is 1.00 e. The Labute approximate surface area is 82.3 Å². The van der Waals surface area contributed by atoms with Crippen molar-refractivity contribution in [1.29, 1.82) is 5.26 Å². The average Bonchev–Trinajstić information content (AvgIpc) is 1.63. The van der Waals surface area contributed by atoms with Crippen molar-refractivity contribution in [2.45, 2.75) is 12.8 Å². The van der Waals surface area contributed by atoms with Crippen LogP contribution in [0.15, 0.2) is 0 Å². The van der Waals surface area contributed by atoms with Gasteiger partial charge in [-0.1, -0.05) is 0 Å². The van der Waals surface area contributed by atoms with Crippen LogP contribution in [0.1, 0.15) is 12.8 Å². The van der Waals surface area contributed by atoms with E-state index in [9.17, 15) is 13.0 Å². The van der Waals surface area contributed by atoms with Crippen LogP contribution in [0, 0.1) is 11.3 Å². The fourth-order valence-electron chi connectivity index (χ4n) is 0.328. The van der Waals surface area contributed by atoms with Gasteiger partial charge in [0.1, 0.15) is 0 Å². The fraction of sp³-hybridized carbons (Fsp3) is 0.750. The molecule has 0 bridgehead atoms. The number of nitriles is 1. The van der Waals surface area contributed by atoms with Gasteiger partial charge in [-0.15, -0.1) is 0 Å². The fourth-order valence-corrected chi connectivity index (χ4v) is 0.826. The van der Waals surface area contributed by atoms with Gasteiger partial charge in [0.15, 0.2) is 0 Å². The smallest absolute Gasteiger partial charge is 0.748 e. The normalized spacial score (nSPS) is 9.60. The number of unbranched alkanes of at least 4 members (excludes halogenated alkanes) is 1. The Kier molecular flexibility index (Phi) is 7.99. The number of rotatable bonds is 3. The molecule has 0 rings (SSSR count). The van der Waals surface area contributed by atoms with Gasteiger partial charge in [-0.2, -0.15) is 5.26 Å². The minimum Gasteiger partial charge on any atom is -0.748 e. The Morgan fingerprint density at radius 2 is 2.00 bits per heavy atom. The molecular weight excluding hydrogens is 165 g/mol. The zero-order valence-electron chi connectivity index (χ0n) is 5.70. The standard InChI is InChI=1S/C4H7NO3S.Na/c5-3-1-2-4-9(6,7)8;/h1-2,4H2,(H,6,7,8);/q;+1/p-1. The summed E-state index contributed by atoms with van der Waals surface area (Å²) in [5.41, 5.74) is 0. The Hall–Kier alpha value is 0.400. The molecule has 0 saturated carbocycles. The van der Waals surface area contributed by atoms with Crippen molar-refractivity contribution in [2.24, 2.45) is 0 Å². The second-order valence-corrected chi connectivity index (χ2v) is 3.05. The van der Waals surface area contributed by atoms with Crippen molar-refractivity contribution in [3.8, 4) is 6.07 Å². The third-order valence-corrected chi connectivity index (χ3v) is 1.47. The molecule has 0 aromatic carbocycles. The molecule has 0 radical (unpaired) electrons. The Bertz CT molecular complexity index is 205. The Morgan fingerprint density at radius 3 is 2.30 bits per heavy atom. The van der Waals surface area contributed by atoms with Gasteiger partial charge in [-0.25, -0.2) is 8.42 Å². The minimum absolute atomic E-state index is 0. The zero-order valence-corrected chi connectivity index (χ0v) is 8.52. The van der Waals surface area contributed by atoms with Crippen LogP contribution >= 0.6 is 0 Å². The molecule has 0 aliphatic carbocycles. The van der Waals surface area contributed by atoms with E-state index in [1.807, 2.05) is 0 Å². The number of hydrogen-bond donors (Lipinski definition) is 0. The van der Waals surface area contributed by atoms with Crippen LogP contribution < -0.4 is 29.6 Å². The summed E-state index contributed by atoms with van der Waals surface area (Å²) in [5, 5.41) is 7.92. The monoisotopic (exact) mass is 171 g/mol. The summed E-state index contributed by atoms with van der Waals surface area (Å²) in [6.07, 6.45) is 0.268. The summed E-state index contributed by atoms with van der Waals surface area (Å²) in [4.78, 5) is 0. The van der Waals surface area contributed by atoms with E-state index in [1.54, 1.807) is 6.07 Å². The van der Waals surface area contributed by atoms with Gasteiger partial charge in [0.25, 0.3) is 0 Å². The zero-order chi connectivity index (χ0) is 7.33. The molecule has 4 nitrogen and oxygen atoms in total. The van der Waals surface area contributed by atoms with Gasteiger partial charge >= 0.3 is 29.6 Å². The van der Waals surface area contributed by atoms with Crippen LogP contribution in [0.3, 0.4) is 0 Å². The maximum atomic E-state index is 9.84. The van der Waals surface area contributed by atoms with E-state index in [-0.39, 0.29) is 42.4 Å². The van der Waals surface area contributed by atoms with E-state index in [1.165, 1.54) is 0 Å². The third-order valence-electron chi connectivity index (χ3n) is 0.683. The molecule has 52 valence electrons. The summed E-state index contributed by atoms with van der Waals surface area (Å²) >= 11 is 0. The van der Waals surface area contributed by atoms with Crippen LogP contribution in [0.2, 0.25) is 0 Å². The average molecular weight is 171 g/mol. The van der Waals surface area contributed by atoms with Gasteiger partial charge in [0, 0.05) is 12.2 Å². The molecule has 0 unspecified atom stereocenters. The summed E-state index contributed by atoms with van der Waals surface area (Å²) in [6.45, 7) is 0. The molecule has 10 heavy (non-hydrogen) atoms. The molecule has 0 aliphatic rings. The quantitative estimate of drug-likeness (QED) is 0.255. The van der Waals surface area contributed by atoms with E-state index >= 15 is 0 Å². The molecular formula is C4H6NNaO3S. The van der Waals surface area contributed by atoms with Crippen molar-refractivity contribution in [3.63, 3.8) is 0 Å². The SMILES string of the molecule is N#CCCCS(=O)(=O)[O-].[Na+]. The first-order chi connectivity index (χ1) is 4.06. The van der Waals surface area contributed by atoms with Gasteiger partial charge in [0.05, 0.1) is 16.2 Å². The summed E-state index contributed by atoms with van der Waals surface area (Å²) < 4.78 is 29.5. The van der Waals surface area contributed by atoms with E-state index in [4.69, 9.17) is 5.26 Å². The second kappa shape index (κ2) is 6.13. The minimum atomic E-state index is -4.10. The first-order valence-corrected chi connectivity index (χ1v) is 3.94. The van der Waals surface area contributed by atoms with E-state index in [0.717, 1.165) is 0 Å². The Morgan fingerprint density at radius 1 is 1.50 bits per heavy atom. The maximum absolute atomic E-state index is 9.84. The third kappa shape index (κ3) is 11.2. The molecule has 0 aromatic rings. The molecule has 0 aliphatic heterocycles. The van der Waals surface area contributed by atoms with Crippen molar-refractivity contribution in [1.82, 2.24) is 0 Å². The number of hydrogen-bond acceptors (Lipinski definition) is 4. The summed E-state index contributed by atoms with van der Waals surface area (Å²) in [6, 6.07) is 1.74. The van der Waals surface area contributed by atoms with Crippen molar-refractivity contribution in [3.05, 3.63) is 0 Å². The van der Waals surface area contributed by atoms with E-state index < -0.39 is 15.9 Å². The second-order valence-electron chi connectivity index (χ2n) is 1.52. The first-order valence-electron chi connectivity index (χ1n) is 2.37. The number of nitrogens with zero attached hydrogens (tertiary/aromatic N) is 1. The topological polar surface area (TPSA) is 81.0 Å². The molecule has 0 atom stereocenters. The van der Waals surface area contributed by atoms with Gasteiger partial charge in [-0.3, -0.25) is 0 Å². The molecule has 0 heterocycles. The molecule has 0 spiro atoms. The van der Waals surface area contributed by atoms with Crippen LogP contribution in [0.4, 0.5) is 0 Å². The predicted molar refractivity (Wildman–Crippen MR) is 29.4 cm³/mol. The molecule has 0 N–H and O–H groups in total. The molecule has 0 aromatic heterocycles. The van der Waals surface area contributed by atoms with Crippen molar-refractivity contribution in [2.75, 3.05) is 5.75 Å². The predicted octanol–water partition coefficient (Wildman–Crippen LogP) is -3.16.